The fourth-order valence-electron chi connectivity index (χ4n) is 3.88. The monoisotopic (exact) mass is 414 g/mol. The van der Waals surface area contributed by atoms with E-state index in [4.69, 9.17) is 16.6 Å². The first kappa shape index (κ1) is 19.9. The molecule has 1 unspecified atom stereocenters. The maximum Gasteiger partial charge on any atom is 0.263 e. The van der Waals surface area contributed by atoms with Crippen molar-refractivity contribution in [1.29, 1.82) is 0 Å². The van der Waals surface area contributed by atoms with Crippen LogP contribution in [0.15, 0.2) is 35.3 Å². The van der Waals surface area contributed by atoms with E-state index in [0.29, 0.717) is 17.0 Å². The number of piperazine rings is 1. The first-order chi connectivity index (χ1) is 13.8. The molecule has 29 heavy (non-hydrogen) atoms. The zero-order valence-corrected chi connectivity index (χ0v) is 18.1. The second-order valence-electron chi connectivity index (χ2n) is 8.57. The molecular weight excluding hydrogens is 388 g/mol. The molecule has 1 aliphatic heterocycles. The maximum atomic E-state index is 12.6. The summed E-state index contributed by atoms with van der Waals surface area (Å²) in [4.78, 5) is 24.8. The van der Waals surface area contributed by atoms with E-state index in [0.717, 1.165) is 36.8 Å². The highest BCUT2D eigenvalue weighted by Crippen LogP contribution is 2.28. The van der Waals surface area contributed by atoms with E-state index < -0.39 is 0 Å². The Morgan fingerprint density at radius 3 is 2.48 bits per heavy atom. The molecular formula is C21H27ClN6O. The molecule has 1 N–H and O–H groups in total. The van der Waals surface area contributed by atoms with Crippen molar-refractivity contribution in [3.05, 3.63) is 51.4 Å². The summed E-state index contributed by atoms with van der Waals surface area (Å²) in [6, 6.07) is 8.24. The number of nitrogens with one attached hydrogen (secondary N) is 1. The summed E-state index contributed by atoms with van der Waals surface area (Å²) >= 11 is 6.38. The largest absolute Gasteiger partial charge is 0.340 e. The van der Waals surface area contributed by atoms with Crippen LogP contribution in [-0.4, -0.2) is 50.8 Å². The summed E-state index contributed by atoms with van der Waals surface area (Å²) in [5.74, 6) is 0.610. The molecule has 8 heteroatoms. The van der Waals surface area contributed by atoms with Gasteiger partial charge in [-0.15, -0.1) is 0 Å². The van der Waals surface area contributed by atoms with Crippen molar-refractivity contribution in [3.8, 4) is 0 Å². The normalized spacial score (nSPS) is 17.1. The molecule has 154 valence electrons. The smallest absolute Gasteiger partial charge is 0.263 e. The summed E-state index contributed by atoms with van der Waals surface area (Å²) in [5.41, 5.74) is 1.38. The number of halogens is 1. The summed E-state index contributed by atoms with van der Waals surface area (Å²) in [5, 5.41) is 5.71. The Balaban J connectivity index is 1.55. The minimum absolute atomic E-state index is 0.146. The van der Waals surface area contributed by atoms with Gasteiger partial charge in [-0.3, -0.25) is 14.7 Å². The minimum Gasteiger partial charge on any atom is -0.340 e. The van der Waals surface area contributed by atoms with E-state index in [-0.39, 0.29) is 17.1 Å². The van der Waals surface area contributed by atoms with Crippen molar-refractivity contribution in [1.82, 2.24) is 24.6 Å². The zero-order chi connectivity index (χ0) is 20.8. The molecule has 1 atom stereocenters. The van der Waals surface area contributed by atoms with Crippen LogP contribution in [0.2, 0.25) is 5.02 Å². The average molecular weight is 415 g/mol. The molecule has 0 aliphatic carbocycles. The first-order valence-electron chi connectivity index (χ1n) is 9.97. The van der Waals surface area contributed by atoms with Gasteiger partial charge in [0.15, 0.2) is 5.65 Å². The van der Waals surface area contributed by atoms with Gasteiger partial charge < -0.3 is 4.90 Å². The van der Waals surface area contributed by atoms with Crippen LogP contribution in [0, 0.1) is 0 Å². The number of hydrogen-bond donors (Lipinski definition) is 1. The first-order valence-corrected chi connectivity index (χ1v) is 10.4. The van der Waals surface area contributed by atoms with Gasteiger partial charge in [0.25, 0.3) is 5.56 Å². The van der Waals surface area contributed by atoms with Crippen molar-refractivity contribution in [2.75, 3.05) is 31.1 Å². The molecule has 0 saturated carbocycles. The lowest BCUT2D eigenvalue weighted by Gasteiger charge is -2.38. The number of nitrogens with zero attached hydrogens (tertiary/aromatic N) is 5. The van der Waals surface area contributed by atoms with E-state index in [9.17, 15) is 4.79 Å². The van der Waals surface area contributed by atoms with Crippen LogP contribution < -0.4 is 10.5 Å². The third-order valence-corrected chi connectivity index (χ3v) is 5.92. The number of fused-ring (bicyclic) bond motifs is 1. The molecule has 0 radical (unpaired) electrons. The van der Waals surface area contributed by atoms with E-state index in [2.05, 4.69) is 53.6 Å². The molecule has 1 fully saturated rings. The van der Waals surface area contributed by atoms with Gasteiger partial charge in [-0.25, -0.2) is 4.68 Å². The molecule has 0 spiro atoms. The summed E-state index contributed by atoms with van der Waals surface area (Å²) in [6.07, 6.45) is 1.60. The van der Waals surface area contributed by atoms with Crippen LogP contribution in [0.3, 0.4) is 0 Å². The van der Waals surface area contributed by atoms with Gasteiger partial charge in [-0.2, -0.15) is 10.1 Å². The summed E-state index contributed by atoms with van der Waals surface area (Å²) < 4.78 is 1.82. The Morgan fingerprint density at radius 1 is 1.14 bits per heavy atom. The lowest BCUT2D eigenvalue weighted by Crippen LogP contribution is -2.48. The highest BCUT2D eigenvalue weighted by molar-refractivity contribution is 6.31. The predicted octanol–water partition coefficient (Wildman–Crippen LogP) is 3.41. The molecule has 0 amide bonds. The fraction of sp³-hybridized carbons (Fsp3) is 0.476. The van der Waals surface area contributed by atoms with Crippen molar-refractivity contribution in [3.63, 3.8) is 0 Å². The number of anilines is 1. The minimum atomic E-state index is -0.247. The standard InChI is InChI=1S/C21H27ClN6O/c1-14(15-7-5-6-8-17(15)22)26-9-11-27(12-10-26)20-24-18-16(19(29)25-20)13-23-28(18)21(2,3)4/h5-8,13-14H,9-12H2,1-4H3,(H,24,25,29). The number of hydrogen-bond acceptors (Lipinski definition) is 5. The molecule has 0 bridgehead atoms. The van der Waals surface area contributed by atoms with E-state index >= 15 is 0 Å². The van der Waals surface area contributed by atoms with Crippen molar-refractivity contribution < 1.29 is 0 Å². The van der Waals surface area contributed by atoms with Gasteiger partial charge in [0.1, 0.15) is 5.39 Å². The van der Waals surface area contributed by atoms with Gasteiger partial charge in [-0.05, 0) is 39.3 Å². The molecule has 4 rings (SSSR count). The quantitative estimate of drug-likeness (QED) is 0.711. The van der Waals surface area contributed by atoms with Crippen LogP contribution in [-0.2, 0) is 5.54 Å². The molecule has 7 nitrogen and oxygen atoms in total. The van der Waals surface area contributed by atoms with Crippen molar-refractivity contribution in [2.45, 2.75) is 39.3 Å². The number of benzene rings is 1. The van der Waals surface area contributed by atoms with Crippen molar-refractivity contribution >= 4 is 28.6 Å². The van der Waals surface area contributed by atoms with Crippen molar-refractivity contribution in [2.24, 2.45) is 0 Å². The number of aromatic amines is 1. The SMILES string of the molecule is CC(c1ccccc1Cl)N1CCN(c2nc3c(cnn3C(C)(C)C)c(=O)[nH]2)CC1. The lowest BCUT2D eigenvalue weighted by atomic mass is 10.1. The highest BCUT2D eigenvalue weighted by atomic mass is 35.5. The van der Waals surface area contributed by atoms with E-state index in [1.165, 1.54) is 0 Å². The van der Waals surface area contributed by atoms with Crippen LogP contribution >= 0.6 is 11.6 Å². The second kappa shape index (κ2) is 7.46. The van der Waals surface area contributed by atoms with Gasteiger partial charge in [0.2, 0.25) is 5.95 Å². The molecule has 2 aromatic heterocycles. The fourth-order valence-corrected chi connectivity index (χ4v) is 4.17. The Bertz CT molecular complexity index is 1070. The third-order valence-electron chi connectivity index (χ3n) is 5.58. The highest BCUT2D eigenvalue weighted by Gasteiger charge is 2.26. The molecule has 3 aromatic rings. The van der Waals surface area contributed by atoms with E-state index in [1.807, 2.05) is 22.9 Å². The Labute approximate surface area is 175 Å². The van der Waals surface area contributed by atoms with E-state index in [1.54, 1.807) is 6.20 Å². The Kier molecular flexibility index (Phi) is 5.12. The van der Waals surface area contributed by atoms with Crippen LogP contribution in [0.5, 0.6) is 0 Å². The van der Waals surface area contributed by atoms with Crippen LogP contribution in [0.4, 0.5) is 5.95 Å². The maximum absolute atomic E-state index is 12.6. The number of aromatic nitrogens is 4. The molecule has 3 heterocycles. The van der Waals surface area contributed by atoms with Gasteiger partial charge in [0, 0.05) is 37.2 Å². The molecule has 1 aromatic carbocycles. The zero-order valence-electron chi connectivity index (χ0n) is 17.3. The average Bonchev–Trinajstić information content (AvgIpc) is 3.13. The lowest BCUT2D eigenvalue weighted by molar-refractivity contribution is 0.198. The Morgan fingerprint density at radius 2 is 1.83 bits per heavy atom. The van der Waals surface area contributed by atoms with Crippen LogP contribution in [0.1, 0.15) is 39.3 Å². The number of rotatable bonds is 3. The summed E-state index contributed by atoms with van der Waals surface area (Å²) in [7, 11) is 0. The molecule has 1 saturated heterocycles. The van der Waals surface area contributed by atoms with Crippen LogP contribution in [0.25, 0.3) is 11.0 Å². The second-order valence-corrected chi connectivity index (χ2v) is 8.98. The van der Waals surface area contributed by atoms with Gasteiger partial charge in [0.05, 0.1) is 11.7 Å². The predicted molar refractivity (Wildman–Crippen MR) is 117 cm³/mol. The van der Waals surface area contributed by atoms with Gasteiger partial charge in [-0.1, -0.05) is 29.8 Å². The third kappa shape index (κ3) is 3.76. The summed E-state index contributed by atoms with van der Waals surface area (Å²) in [6.45, 7) is 11.6. The number of H-pyrrole nitrogens is 1. The Hall–Kier alpha value is -2.38. The molecule has 1 aliphatic rings. The van der Waals surface area contributed by atoms with Gasteiger partial charge >= 0.3 is 0 Å². The topological polar surface area (TPSA) is 70.1 Å².